The fourth-order valence-electron chi connectivity index (χ4n) is 6.32. The smallest absolute Gasteiger partial charge is 0.360 e. The highest BCUT2D eigenvalue weighted by molar-refractivity contribution is 5.87. The molecule has 0 aromatic carbocycles. The normalized spacial score (nSPS) is 34.2. The van der Waals surface area contributed by atoms with Crippen molar-refractivity contribution in [2.45, 2.75) is 71.4 Å². The van der Waals surface area contributed by atoms with Gasteiger partial charge in [-0.05, 0) is 75.0 Å². The minimum Gasteiger partial charge on any atom is -0.461 e. The van der Waals surface area contributed by atoms with Crippen LogP contribution in [0.2, 0.25) is 0 Å². The number of nitrogens with zero attached hydrogens (tertiary/aromatic N) is 1. The first-order chi connectivity index (χ1) is 12.1. The number of ether oxygens (including phenoxy) is 1. The summed E-state index contributed by atoms with van der Waals surface area (Å²) in [5, 5.41) is 7.58. The van der Waals surface area contributed by atoms with Crippen LogP contribution in [0, 0.1) is 23.2 Å². The van der Waals surface area contributed by atoms with Crippen LogP contribution in [0.1, 0.15) is 75.0 Å². The first kappa shape index (κ1) is 17.1. The molecule has 4 bridgehead atoms. The fourth-order valence-corrected chi connectivity index (χ4v) is 6.32. The van der Waals surface area contributed by atoms with E-state index in [4.69, 9.17) is 9.26 Å². The zero-order valence-electron chi connectivity index (χ0n) is 15.4. The van der Waals surface area contributed by atoms with Crippen LogP contribution in [-0.2, 0) is 11.3 Å². The van der Waals surface area contributed by atoms with E-state index in [1.807, 2.05) is 0 Å². The average Bonchev–Trinajstić information content (AvgIpc) is 3.03. The van der Waals surface area contributed by atoms with Crippen molar-refractivity contribution in [2.24, 2.45) is 23.2 Å². The van der Waals surface area contributed by atoms with Gasteiger partial charge in [-0.15, -0.1) is 0 Å². The van der Waals surface area contributed by atoms with E-state index in [1.54, 1.807) is 13.0 Å². The molecule has 0 radical (unpaired) electrons. The van der Waals surface area contributed by atoms with Crippen LogP contribution < -0.4 is 5.32 Å². The van der Waals surface area contributed by atoms with E-state index < -0.39 is 5.97 Å². The van der Waals surface area contributed by atoms with Gasteiger partial charge in [-0.3, -0.25) is 0 Å². The summed E-state index contributed by atoms with van der Waals surface area (Å²) in [5.74, 6) is 3.19. The number of carbonyl (C=O) groups excluding carboxylic acids is 1. The van der Waals surface area contributed by atoms with Crippen LogP contribution in [0.5, 0.6) is 0 Å². The van der Waals surface area contributed by atoms with Gasteiger partial charge in [0.1, 0.15) is 0 Å². The monoisotopic (exact) mass is 346 g/mol. The molecule has 5 nitrogen and oxygen atoms in total. The second kappa shape index (κ2) is 6.75. The van der Waals surface area contributed by atoms with E-state index >= 15 is 0 Å². The molecule has 0 aliphatic heterocycles. The molecule has 0 spiro atoms. The Bertz CT molecular complexity index is 589. The Morgan fingerprint density at radius 2 is 1.92 bits per heavy atom. The Labute approximate surface area is 149 Å². The van der Waals surface area contributed by atoms with Crippen molar-refractivity contribution in [3.63, 3.8) is 0 Å². The Balaban J connectivity index is 1.40. The number of esters is 1. The molecule has 4 saturated carbocycles. The summed E-state index contributed by atoms with van der Waals surface area (Å²) < 4.78 is 10.3. The van der Waals surface area contributed by atoms with E-state index in [2.05, 4.69) is 17.4 Å². The number of rotatable bonds is 7. The van der Waals surface area contributed by atoms with Crippen LogP contribution >= 0.6 is 0 Å². The Kier molecular flexibility index (Phi) is 4.61. The maximum absolute atomic E-state index is 11.7. The van der Waals surface area contributed by atoms with E-state index in [1.165, 1.54) is 38.5 Å². The standard InChI is InChI=1S/C20H30N2O3/c1-3-18(20-9-13-5-14(10-20)7-15(6-13)11-20)21-12-16-8-17(22-25-16)19(23)24-4-2/h8,13-15,18,21H,3-7,9-12H2,1-2H3. The van der Waals surface area contributed by atoms with E-state index in [0.29, 0.717) is 30.4 Å². The van der Waals surface area contributed by atoms with Gasteiger partial charge in [0.15, 0.2) is 11.5 Å². The molecule has 1 aromatic heterocycles. The van der Waals surface area contributed by atoms with Gasteiger partial charge in [-0.1, -0.05) is 12.1 Å². The predicted molar refractivity (Wildman–Crippen MR) is 94.0 cm³/mol. The first-order valence-electron chi connectivity index (χ1n) is 9.98. The quantitative estimate of drug-likeness (QED) is 0.758. The van der Waals surface area contributed by atoms with Crippen molar-refractivity contribution in [2.75, 3.05) is 6.61 Å². The third kappa shape index (κ3) is 3.23. The SMILES string of the molecule is CCOC(=O)c1cc(CNC(CC)C23CC4CC(CC(C4)C2)C3)on1. The lowest BCUT2D eigenvalue weighted by Gasteiger charge is -2.59. The predicted octanol–water partition coefficient (Wildman–Crippen LogP) is 3.94. The van der Waals surface area contributed by atoms with Crippen LogP contribution in [0.3, 0.4) is 0 Å². The van der Waals surface area contributed by atoms with Gasteiger partial charge < -0.3 is 14.6 Å². The molecule has 1 atom stereocenters. The maximum Gasteiger partial charge on any atom is 0.360 e. The molecule has 4 aliphatic rings. The molecular formula is C20H30N2O3. The van der Waals surface area contributed by atoms with Crippen LogP contribution in [0.25, 0.3) is 0 Å². The van der Waals surface area contributed by atoms with Crippen LogP contribution in [0.15, 0.2) is 10.6 Å². The highest BCUT2D eigenvalue weighted by Crippen LogP contribution is 2.61. The second-order valence-electron chi connectivity index (χ2n) is 8.52. The summed E-state index contributed by atoms with van der Waals surface area (Å²) in [4.78, 5) is 11.7. The molecule has 5 rings (SSSR count). The zero-order chi connectivity index (χ0) is 17.4. The van der Waals surface area contributed by atoms with Gasteiger partial charge in [0, 0.05) is 12.1 Å². The number of carbonyl (C=O) groups is 1. The first-order valence-corrected chi connectivity index (χ1v) is 9.98. The average molecular weight is 346 g/mol. The topological polar surface area (TPSA) is 64.4 Å². The number of aromatic nitrogens is 1. The largest absolute Gasteiger partial charge is 0.461 e. The summed E-state index contributed by atoms with van der Waals surface area (Å²) in [6, 6.07) is 2.23. The van der Waals surface area contributed by atoms with Gasteiger partial charge >= 0.3 is 5.97 Å². The molecule has 4 fully saturated rings. The van der Waals surface area contributed by atoms with E-state index in [-0.39, 0.29) is 5.69 Å². The van der Waals surface area contributed by atoms with Crippen LogP contribution in [0.4, 0.5) is 0 Å². The molecule has 25 heavy (non-hydrogen) atoms. The summed E-state index contributed by atoms with van der Waals surface area (Å²) in [6.07, 6.45) is 9.76. The Morgan fingerprint density at radius 3 is 2.48 bits per heavy atom. The summed E-state index contributed by atoms with van der Waals surface area (Å²) in [7, 11) is 0. The summed E-state index contributed by atoms with van der Waals surface area (Å²) in [6.45, 7) is 5.06. The van der Waals surface area contributed by atoms with Gasteiger partial charge in [0.2, 0.25) is 0 Å². The lowest BCUT2D eigenvalue weighted by Crippen LogP contribution is -2.55. The number of hydrogen-bond acceptors (Lipinski definition) is 5. The molecule has 1 unspecified atom stereocenters. The lowest BCUT2D eigenvalue weighted by molar-refractivity contribution is -0.0750. The molecule has 138 valence electrons. The molecule has 1 heterocycles. The molecule has 1 N–H and O–H groups in total. The molecule has 0 saturated heterocycles. The van der Waals surface area contributed by atoms with Crippen molar-refractivity contribution < 1.29 is 14.1 Å². The second-order valence-corrected chi connectivity index (χ2v) is 8.52. The molecule has 4 aliphatic carbocycles. The molecule has 1 aromatic rings. The van der Waals surface area contributed by atoms with Crippen LogP contribution in [-0.4, -0.2) is 23.8 Å². The number of hydrogen-bond donors (Lipinski definition) is 1. The van der Waals surface area contributed by atoms with Gasteiger partial charge in [-0.25, -0.2) is 4.79 Å². The summed E-state index contributed by atoms with van der Waals surface area (Å²) in [5.41, 5.74) is 0.745. The van der Waals surface area contributed by atoms with E-state index in [0.717, 1.165) is 24.2 Å². The fraction of sp³-hybridized carbons (Fsp3) is 0.800. The molecule has 0 amide bonds. The minimum absolute atomic E-state index is 0.265. The van der Waals surface area contributed by atoms with Crippen molar-refractivity contribution in [1.29, 1.82) is 0 Å². The molecular weight excluding hydrogens is 316 g/mol. The van der Waals surface area contributed by atoms with Crippen molar-refractivity contribution >= 4 is 5.97 Å². The van der Waals surface area contributed by atoms with Crippen molar-refractivity contribution in [1.82, 2.24) is 10.5 Å². The van der Waals surface area contributed by atoms with Crippen molar-refractivity contribution in [3.8, 4) is 0 Å². The molecule has 5 heteroatoms. The number of nitrogens with one attached hydrogen (secondary N) is 1. The van der Waals surface area contributed by atoms with Gasteiger partial charge in [-0.2, -0.15) is 0 Å². The Morgan fingerprint density at radius 1 is 1.28 bits per heavy atom. The zero-order valence-corrected chi connectivity index (χ0v) is 15.4. The lowest BCUT2D eigenvalue weighted by atomic mass is 9.47. The summed E-state index contributed by atoms with van der Waals surface area (Å²) >= 11 is 0. The third-order valence-corrected chi connectivity index (χ3v) is 6.80. The minimum atomic E-state index is -0.411. The maximum atomic E-state index is 11.7. The third-order valence-electron chi connectivity index (χ3n) is 6.80. The van der Waals surface area contributed by atoms with Crippen molar-refractivity contribution in [3.05, 3.63) is 17.5 Å². The van der Waals surface area contributed by atoms with Gasteiger partial charge in [0.05, 0.1) is 13.2 Å². The highest BCUT2D eigenvalue weighted by Gasteiger charge is 2.53. The van der Waals surface area contributed by atoms with E-state index in [9.17, 15) is 4.79 Å². The Hall–Kier alpha value is -1.36. The highest BCUT2D eigenvalue weighted by atomic mass is 16.5. The van der Waals surface area contributed by atoms with Gasteiger partial charge in [0.25, 0.3) is 0 Å².